The summed E-state index contributed by atoms with van der Waals surface area (Å²) in [7, 11) is 0. The van der Waals surface area contributed by atoms with Gasteiger partial charge < -0.3 is 15.4 Å². The topological polar surface area (TPSA) is 55.6 Å². The van der Waals surface area contributed by atoms with Gasteiger partial charge in [-0.1, -0.05) is 19.4 Å². The van der Waals surface area contributed by atoms with E-state index < -0.39 is 0 Å². The fourth-order valence-corrected chi connectivity index (χ4v) is 2.52. The van der Waals surface area contributed by atoms with Gasteiger partial charge in [0.2, 0.25) is 5.91 Å². The van der Waals surface area contributed by atoms with Crippen molar-refractivity contribution in [3.05, 3.63) is 29.8 Å². The van der Waals surface area contributed by atoms with Crippen molar-refractivity contribution < 1.29 is 9.53 Å². The van der Waals surface area contributed by atoms with Crippen molar-refractivity contribution in [1.29, 1.82) is 0 Å². The summed E-state index contributed by atoms with van der Waals surface area (Å²) in [4.78, 5) is 14.0. The molecule has 1 aliphatic heterocycles. The van der Waals surface area contributed by atoms with Crippen LogP contribution in [0.2, 0.25) is 0 Å². The standard InChI is InChI=1S/C18H26N2O2/c1-2-3-13-22-17-9-7-15(14-16(17)19)8-10-18(21)20-11-5-4-6-12-20/h7-10,14H,2-6,11-13,19H2,1H3/b10-8-. The zero-order valence-corrected chi connectivity index (χ0v) is 13.4. The maximum absolute atomic E-state index is 12.1. The van der Waals surface area contributed by atoms with Crippen LogP contribution in [0.15, 0.2) is 24.3 Å². The molecule has 4 nitrogen and oxygen atoms in total. The number of ether oxygens (including phenoxy) is 1. The second-order valence-corrected chi connectivity index (χ2v) is 5.72. The van der Waals surface area contributed by atoms with E-state index in [9.17, 15) is 4.79 Å². The molecule has 1 aromatic carbocycles. The molecule has 0 saturated carbocycles. The minimum Gasteiger partial charge on any atom is -0.491 e. The molecule has 2 rings (SSSR count). The smallest absolute Gasteiger partial charge is 0.246 e. The first-order valence-electron chi connectivity index (χ1n) is 8.20. The average Bonchev–Trinajstić information content (AvgIpc) is 2.55. The van der Waals surface area contributed by atoms with Gasteiger partial charge in [-0.15, -0.1) is 0 Å². The molecular formula is C18H26N2O2. The molecule has 1 fully saturated rings. The highest BCUT2D eigenvalue weighted by Gasteiger charge is 2.13. The average molecular weight is 302 g/mol. The van der Waals surface area contributed by atoms with Crippen LogP contribution in [0.25, 0.3) is 6.08 Å². The summed E-state index contributed by atoms with van der Waals surface area (Å²) in [6.45, 7) is 4.55. The molecule has 0 atom stereocenters. The van der Waals surface area contributed by atoms with Gasteiger partial charge in [-0.05, 0) is 49.5 Å². The summed E-state index contributed by atoms with van der Waals surface area (Å²) >= 11 is 0. The molecule has 0 aliphatic carbocycles. The lowest BCUT2D eigenvalue weighted by Gasteiger charge is -2.25. The Kier molecular flexibility index (Phi) is 6.31. The van der Waals surface area contributed by atoms with Gasteiger partial charge in [0.1, 0.15) is 5.75 Å². The predicted octanol–water partition coefficient (Wildman–Crippen LogP) is 3.47. The molecule has 4 heteroatoms. The predicted molar refractivity (Wildman–Crippen MR) is 90.7 cm³/mol. The maximum atomic E-state index is 12.1. The number of nitrogen functional groups attached to an aromatic ring is 1. The van der Waals surface area contributed by atoms with Crippen molar-refractivity contribution in [2.24, 2.45) is 0 Å². The number of hydrogen-bond donors (Lipinski definition) is 1. The number of rotatable bonds is 6. The SMILES string of the molecule is CCCCOc1ccc(/C=C\C(=O)N2CCCCC2)cc1N. The van der Waals surface area contributed by atoms with Gasteiger partial charge in [0, 0.05) is 19.2 Å². The number of benzene rings is 1. The number of amides is 1. The number of hydrogen-bond acceptors (Lipinski definition) is 3. The van der Waals surface area contributed by atoms with Crippen LogP contribution in [-0.4, -0.2) is 30.5 Å². The van der Waals surface area contributed by atoms with E-state index >= 15 is 0 Å². The third-order valence-corrected chi connectivity index (χ3v) is 3.88. The number of carbonyl (C=O) groups excluding carboxylic acids is 1. The second-order valence-electron chi connectivity index (χ2n) is 5.72. The van der Waals surface area contributed by atoms with Crippen LogP contribution in [0.4, 0.5) is 5.69 Å². The first-order valence-corrected chi connectivity index (χ1v) is 8.20. The second kappa shape index (κ2) is 8.47. The minimum absolute atomic E-state index is 0.0848. The Balaban J connectivity index is 1.93. The highest BCUT2D eigenvalue weighted by molar-refractivity contribution is 5.92. The molecule has 0 aromatic heterocycles. The van der Waals surface area contributed by atoms with Gasteiger partial charge >= 0.3 is 0 Å². The molecule has 0 radical (unpaired) electrons. The normalized spacial score (nSPS) is 15.2. The molecule has 120 valence electrons. The summed E-state index contributed by atoms with van der Waals surface area (Å²) in [5.41, 5.74) is 7.54. The number of nitrogens with zero attached hydrogens (tertiary/aromatic N) is 1. The quantitative estimate of drug-likeness (QED) is 0.497. The van der Waals surface area contributed by atoms with Crippen LogP contribution in [0.3, 0.4) is 0 Å². The van der Waals surface area contributed by atoms with Crippen LogP contribution < -0.4 is 10.5 Å². The summed E-state index contributed by atoms with van der Waals surface area (Å²) < 4.78 is 5.63. The fraction of sp³-hybridized carbons (Fsp3) is 0.500. The molecule has 1 amide bonds. The molecule has 0 bridgehead atoms. The van der Waals surface area contributed by atoms with Crippen molar-refractivity contribution in [2.75, 3.05) is 25.4 Å². The Morgan fingerprint density at radius 2 is 2.09 bits per heavy atom. The van der Waals surface area contributed by atoms with Gasteiger partial charge in [0.25, 0.3) is 0 Å². The highest BCUT2D eigenvalue weighted by atomic mass is 16.5. The first-order chi connectivity index (χ1) is 10.7. The highest BCUT2D eigenvalue weighted by Crippen LogP contribution is 2.23. The monoisotopic (exact) mass is 302 g/mol. The number of piperidine rings is 1. The lowest BCUT2D eigenvalue weighted by atomic mass is 10.1. The lowest BCUT2D eigenvalue weighted by Crippen LogP contribution is -2.34. The van der Waals surface area contributed by atoms with E-state index in [1.54, 1.807) is 6.08 Å². The number of anilines is 1. The third-order valence-electron chi connectivity index (χ3n) is 3.88. The van der Waals surface area contributed by atoms with E-state index in [1.807, 2.05) is 29.2 Å². The van der Waals surface area contributed by atoms with Crippen LogP contribution in [0, 0.1) is 0 Å². The summed E-state index contributed by atoms with van der Waals surface area (Å²) in [6, 6.07) is 5.65. The number of unbranched alkanes of at least 4 members (excludes halogenated alkanes) is 1. The summed E-state index contributed by atoms with van der Waals surface area (Å²) in [6.07, 6.45) is 9.02. The largest absolute Gasteiger partial charge is 0.491 e. The van der Waals surface area contributed by atoms with Crippen LogP contribution in [-0.2, 0) is 4.79 Å². The van der Waals surface area contributed by atoms with E-state index in [1.165, 1.54) is 6.42 Å². The summed E-state index contributed by atoms with van der Waals surface area (Å²) in [5, 5.41) is 0. The molecule has 1 aliphatic rings. The van der Waals surface area contributed by atoms with Crippen LogP contribution >= 0.6 is 0 Å². The number of carbonyl (C=O) groups is 1. The first kappa shape index (κ1) is 16.4. The van der Waals surface area contributed by atoms with Gasteiger partial charge in [-0.25, -0.2) is 0 Å². The van der Waals surface area contributed by atoms with E-state index in [0.29, 0.717) is 18.0 Å². The third kappa shape index (κ3) is 4.79. The van der Waals surface area contributed by atoms with E-state index in [2.05, 4.69) is 6.92 Å². The van der Waals surface area contributed by atoms with E-state index in [4.69, 9.17) is 10.5 Å². The van der Waals surface area contributed by atoms with Crippen molar-refractivity contribution in [3.63, 3.8) is 0 Å². The molecule has 22 heavy (non-hydrogen) atoms. The molecule has 0 unspecified atom stereocenters. The molecule has 1 saturated heterocycles. The Hall–Kier alpha value is -1.97. The Bertz CT molecular complexity index is 520. The van der Waals surface area contributed by atoms with E-state index in [-0.39, 0.29) is 5.91 Å². The van der Waals surface area contributed by atoms with Crippen molar-refractivity contribution in [1.82, 2.24) is 4.90 Å². The Morgan fingerprint density at radius 1 is 1.32 bits per heavy atom. The summed E-state index contributed by atoms with van der Waals surface area (Å²) in [5.74, 6) is 0.800. The zero-order chi connectivity index (χ0) is 15.8. The lowest BCUT2D eigenvalue weighted by molar-refractivity contribution is -0.126. The van der Waals surface area contributed by atoms with Crippen molar-refractivity contribution >= 4 is 17.7 Å². The van der Waals surface area contributed by atoms with Crippen LogP contribution in [0.1, 0.15) is 44.6 Å². The molecule has 1 aromatic rings. The van der Waals surface area contributed by atoms with E-state index in [0.717, 1.165) is 44.3 Å². The molecule has 1 heterocycles. The Labute approximate surface area is 132 Å². The molecule has 0 spiro atoms. The van der Waals surface area contributed by atoms with Gasteiger partial charge in [0.15, 0.2) is 0 Å². The Morgan fingerprint density at radius 3 is 2.77 bits per heavy atom. The van der Waals surface area contributed by atoms with Gasteiger partial charge in [-0.3, -0.25) is 4.79 Å². The van der Waals surface area contributed by atoms with Crippen molar-refractivity contribution in [2.45, 2.75) is 39.0 Å². The number of nitrogens with two attached hydrogens (primary N) is 1. The van der Waals surface area contributed by atoms with Gasteiger partial charge in [-0.2, -0.15) is 0 Å². The fourth-order valence-electron chi connectivity index (χ4n) is 2.52. The maximum Gasteiger partial charge on any atom is 0.246 e. The number of likely N-dealkylation sites (tertiary alicyclic amines) is 1. The van der Waals surface area contributed by atoms with Crippen LogP contribution in [0.5, 0.6) is 5.75 Å². The molecular weight excluding hydrogens is 276 g/mol. The minimum atomic E-state index is 0.0848. The van der Waals surface area contributed by atoms with Gasteiger partial charge in [0.05, 0.1) is 12.3 Å². The van der Waals surface area contributed by atoms with Crippen molar-refractivity contribution in [3.8, 4) is 5.75 Å². The molecule has 2 N–H and O–H groups in total. The zero-order valence-electron chi connectivity index (χ0n) is 13.4.